The van der Waals surface area contributed by atoms with Crippen molar-refractivity contribution in [2.75, 3.05) is 13.2 Å². The Kier molecular flexibility index (Phi) is 6.86. The Morgan fingerprint density at radius 1 is 0.973 bits per heavy atom. The molecule has 192 valence electrons. The van der Waals surface area contributed by atoms with Gasteiger partial charge in [-0.15, -0.1) is 5.10 Å². The third-order valence-corrected chi connectivity index (χ3v) is 7.45. The fraction of sp³-hybridized carbons (Fsp3) is 0.429. The van der Waals surface area contributed by atoms with Gasteiger partial charge in [0.15, 0.2) is 17.3 Å². The summed E-state index contributed by atoms with van der Waals surface area (Å²) in [6.45, 7) is 2.90. The van der Waals surface area contributed by atoms with Gasteiger partial charge < -0.3 is 14.5 Å². The van der Waals surface area contributed by atoms with Crippen molar-refractivity contribution in [1.29, 1.82) is 0 Å². The van der Waals surface area contributed by atoms with Crippen molar-refractivity contribution >= 4 is 10.9 Å². The van der Waals surface area contributed by atoms with E-state index >= 15 is 0 Å². The van der Waals surface area contributed by atoms with Crippen LogP contribution in [0.4, 0.5) is 0 Å². The largest absolute Gasteiger partial charge is 0.486 e. The molecule has 1 saturated carbocycles. The number of aromatic amines is 1. The van der Waals surface area contributed by atoms with Gasteiger partial charge in [-0.1, -0.05) is 49.6 Å². The van der Waals surface area contributed by atoms with Crippen molar-refractivity contribution < 1.29 is 9.47 Å². The summed E-state index contributed by atoms with van der Waals surface area (Å²) in [5.74, 6) is 2.23. The normalized spacial score (nSPS) is 15.9. The van der Waals surface area contributed by atoms with E-state index in [1.54, 1.807) is 0 Å². The van der Waals surface area contributed by atoms with Crippen LogP contribution in [-0.4, -0.2) is 49.3 Å². The molecule has 0 atom stereocenters. The third-order valence-electron chi connectivity index (χ3n) is 7.45. The highest BCUT2D eigenvalue weighted by Crippen LogP contribution is 2.34. The highest BCUT2D eigenvalue weighted by Gasteiger charge is 2.25. The minimum absolute atomic E-state index is 0.0753. The summed E-state index contributed by atoms with van der Waals surface area (Å²) in [7, 11) is 0. The number of ether oxygens (including phenoxy) is 2. The first-order chi connectivity index (χ1) is 18.2. The first kappa shape index (κ1) is 23.7. The Balaban J connectivity index is 1.25. The number of aryl methyl sites for hydroxylation is 2. The minimum Gasteiger partial charge on any atom is -0.486 e. The summed E-state index contributed by atoms with van der Waals surface area (Å²) in [6, 6.07) is 16.6. The van der Waals surface area contributed by atoms with Crippen molar-refractivity contribution in [1.82, 2.24) is 30.1 Å². The van der Waals surface area contributed by atoms with Crippen LogP contribution in [0.1, 0.15) is 49.1 Å². The molecule has 0 amide bonds. The molecule has 6 rings (SSSR count). The molecule has 0 spiro atoms. The molecule has 9 heteroatoms. The molecule has 1 aliphatic heterocycles. The fourth-order valence-electron chi connectivity index (χ4n) is 5.46. The lowest BCUT2D eigenvalue weighted by atomic mass is 9.93. The van der Waals surface area contributed by atoms with Crippen LogP contribution in [0, 0.1) is 0 Å². The molecule has 0 radical (unpaired) electrons. The highest BCUT2D eigenvalue weighted by atomic mass is 16.6. The van der Waals surface area contributed by atoms with Crippen LogP contribution in [0.5, 0.6) is 11.5 Å². The van der Waals surface area contributed by atoms with Gasteiger partial charge in [0.1, 0.15) is 13.2 Å². The van der Waals surface area contributed by atoms with E-state index in [1.807, 2.05) is 28.9 Å². The second-order valence-electron chi connectivity index (χ2n) is 9.96. The number of nitrogens with zero attached hydrogens (tertiary/aromatic N) is 5. The van der Waals surface area contributed by atoms with E-state index in [1.165, 1.54) is 24.8 Å². The number of tetrazole rings is 1. The maximum Gasteiger partial charge on any atom is 0.252 e. The van der Waals surface area contributed by atoms with Crippen molar-refractivity contribution in [3.8, 4) is 11.5 Å². The molecule has 1 aliphatic carbocycles. The molecule has 9 nitrogen and oxygen atoms in total. The molecular formula is C28H32N6O3. The summed E-state index contributed by atoms with van der Waals surface area (Å²) < 4.78 is 13.4. The summed E-state index contributed by atoms with van der Waals surface area (Å²) in [4.78, 5) is 18.6. The van der Waals surface area contributed by atoms with Crippen LogP contribution >= 0.6 is 0 Å². The van der Waals surface area contributed by atoms with Crippen LogP contribution in [0.3, 0.4) is 0 Å². The Hall–Kier alpha value is -3.72. The van der Waals surface area contributed by atoms with E-state index in [9.17, 15) is 4.79 Å². The number of nitrogens with one attached hydrogen (secondary N) is 1. The summed E-state index contributed by atoms with van der Waals surface area (Å²) in [5, 5.41) is 13.6. The SMILES string of the molecule is O=c1[nH]c2cc3c(cc2cc1CN(Cc1nnnn1CCc1ccccc1)C1CCCCC1)OCCO3. The Morgan fingerprint density at radius 2 is 1.76 bits per heavy atom. The lowest BCUT2D eigenvalue weighted by molar-refractivity contribution is 0.133. The average Bonchev–Trinajstić information content (AvgIpc) is 3.39. The zero-order chi connectivity index (χ0) is 25.0. The maximum absolute atomic E-state index is 13.1. The highest BCUT2D eigenvalue weighted by molar-refractivity contribution is 5.83. The van der Waals surface area contributed by atoms with Gasteiger partial charge in [-0.05, 0) is 47.4 Å². The zero-order valence-corrected chi connectivity index (χ0v) is 20.9. The van der Waals surface area contributed by atoms with Crippen LogP contribution in [-0.2, 0) is 26.1 Å². The number of fused-ring (bicyclic) bond motifs is 2. The first-order valence-electron chi connectivity index (χ1n) is 13.2. The van der Waals surface area contributed by atoms with E-state index in [0.29, 0.717) is 44.6 Å². The molecule has 4 aromatic rings. The van der Waals surface area contributed by atoms with E-state index in [0.717, 1.165) is 47.3 Å². The topological polar surface area (TPSA) is 98.2 Å². The van der Waals surface area contributed by atoms with Gasteiger partial charge in [0, 0.05) is 36.1 Å². The number of rotatable bonds is 8. The molecule has 2 aromatic heterocycles. The Bertz CT molecular complexity index is 1410. The predicted octanol–water partition coefficient (Wildman–Crippen LogP) is 3.86. The maximum atomic E-state index is 13.1. The second-order valence-corrected chi connectivity index (χ2v) is 9.96. The number of pyridine rings is 1. The molecule has 3 heterocycles. The third kappa shape index (κ3) is 5.36. The van der Waals surface area contributed by atoms with E-state index in [2.05, 4.69) is 49.7 Å². The summed E-state index contributed by atoms with van der Waals surface area (Å²) >= 11 is 0. The van der Waals surface area contributed by atoms with Crippen LogP contribution in [0.15, 0.2) is 53.3 Å². The molecule has 2 aliphatic rings. The van der Waals surface area contributed by atoms with Gasteiger partial charge in [-0.2, -0.15) is 0 Å². The molecule has 0 unspecified atom stereocenters. The van der Waals surface area contributed by atoms with Gasteiger partial charge >= 0.3 is 0 Å². The van der Waals surface area contributed by atoms with E-state index < -0.39 is 0 Å². The predicted molar refractivity (Wildman–Crippen MR) is 140 cm³/mol. The van der Waals surface area contributed by atoms with E-state index in [-0.39, 0.29) is 5.56 Å². The second kappa shape index (κ2) is 10.7. The smallest absolute Gasteiger partial charge is 0.252 e. The standard InChI is InChI=1S/C28H32N6O3/c35-28-22(15-21-16-25-26(17-24(21)29-28)37-14-13-36-25)18-33(23-9-5-2-6-10-23)19-27-30-31-32-34(27)12-11-20-7-3-1-4-8-20/h1,3-4,7-8,15-17,23H,2,5-6,9-14,18-19H2,(H,29,35). The average molecular weight is 501 g/mol. The number of hydrogen-bond donors (Lipinski definition) is 1. The van der Waals surface area contributed by atoms with Crippen LogP contribution < -0.4 is 15.0 Å². The molecule has 1 fully saturated rings. The van der Waals surface area contributed by atoms with Gasteiger partial charge in [0.05, 0.1) is 12.1 Å². The minimum atomic E-state index is -0.0753. The van der Waals surface area contributed by atoms with Crippen LogP contribution in [0.25, 0.3) is 10.9 Å². The van der Waals surface area contributed by atoms with Crippen LogP contribution in [0.2, 0.25) is 0 Å². The quantitative estimate of drug-likeness (QED) is 0.392. The van der Waals surface area contributed by atoms with Gasteiger partial charge in [0.2, 0.25) is 0 Å². The van der Waals surface area contributed by atoms with Gasteiger partial charge in [0.25, 0.3) is 5.56 Å². The monoisotopic (exact) mass is 500 g/mol. The van der Waals surface area contributed by atoms with Crippen molar-refractivity contribution in [3.05, 3.63) is 75.8 Å². The van der Waals surface area contributed by atoms with Crippen molar-refractivity contribution in [3.63, 3.8) is 0 Å². The summed E-state index contributed by atoms with van der Waals surface area (Å²) in [5.41, 5.74) is 2.67. The Labute approximate surface area is 215 Å². The lowest BCUT2D eigenvalue weighted by Gasteiger charge is -2.33. The summed E-state index contributed by atoms with van der Waals surface area (Å²) in [6.07, 6.45) is 6.78. The van der Waals surface area contributed by atoms with Crippen molar-refractivity contribution in [2.45, 2.75) is 64.2 Å². The zero-order valence-electron chi connectivity index (χ0n) is 20.9. The molecule has 0 bridgehead atoms. The molecule has 37 heavy (non-hydrogen) atoms. The first-order valence-corrected chi connectivity index (χ1v) is 13.2. The van der Waals surface area contributed by atoms with Gasteiger partial charge in [-0.3, -0.25) is 9.69 Å². The molecule has 0 saturated heterocycles. The molecule has 2 aromatic carbocycles. The molecule has 1 N–H and O–H groups in total. The Morgan fingerprint density at radius 3 is 2.57 bits per heavy atom. The number of aromatic nitrogens is 5. The number of benzene rings is 2. The molecular weight excluding hydrogens is 468 g/mol. The lowest BCUT2D eigenvalue weighted by Crippen LogP contribution is -2.38. The number of hydrogen-bond acceptors (Lipinski definition) is 7. The fourth-order valence-corrected chi connectivity index (χ4v) is 5.46. The number of H-pyrrole nitrogens is 1. The van der Waals surface area contributed by atoms with E-state index in [4.69, 9.17) is 9.47 Å². The van der Waals surface area contributed by atoms with Crippen molar-refractivity contribution in [2.24, 2.45) is 0 Å². The van der Waals surface area contributed by atoms with Gasteiger partial charge in [-0.25, -0.2) is 4.68 Å².